The van der Waals surface area contributed by atoms with Crippen LogP contribution < -0.4 is 9.47 Å². The van der Waals surface area contributed by atoms with E-state index in [1.165, 1.54) is 0 Å². The van der Waals surface area contributed by atoms with Crippen molar-refractivity contribution in [2.75, 3.05) is 14.2 Å². The van der Waals surface area contributed by atoms with E-state index in [-0.39, 0.29) is 0 Å². The van der Waals surface area contributed by atoms with Crippen molar-refractivity contribution in [3.05, 3.63) is 22.9 Å². The lowest BCUT2D eigenvalue weighted by Crippen LogP contribution is -1.93. The molecule has 78 valence electrons. The first-order chi connectivity index (χ1) is 7.24. The molecule has 5 heteroatoms. The van der Waals surface area contributed by atoms with Crippen LogP contribution in [0.2, 0.25) is 0 Å². The smallest absolute Gasteiger partial charge is 0.225 e. The largest absolute Gasteiger partial charge is 0.497 e. The average molecular weight is 269 g/mol. The van der Waals surface area contributed by atoms with Gasteiger partial charge in [0.25, 0.3) is 0 Å². The molecule has 1 aromatic heterocycles. The molecule has 0 saturated heterocycles. The summed E-state index contributed by atoms with van der Waals surface area (Å²) < 4.78 is 10.8. The Bertz CT molecular complexity index is 502. The minimum absolute atomic E-state index is 0.500. The maximum absolute atomic E-state index is 5.16. The molecule has 15 heavy (non-hydrogen) atoms. The SMILES string of the molecule is COc1ccc2c(OC)nc(Br)nc2c1. The Hall–Kier alpha value is -1.36. The van der Waals surface area contributed by atoms with Gasteiger partial charge in [-0.2, -0.15) is 4.98 Å². The van der Waals surface area contributed by atoms with E-state index in [0.717, 1.165) is 16.7 Å². The van der Waals surface area contributed by atoms with Crippen LogP contribution in [-0.2, 0) is 0 Å². The molecule has 0 unspecified atom stereocenters. The highest BCUT2D eigenvalue weighted by molar-refractivity contribution is 9.10. The van der Waals surface area contributed by atoms with Crippen LogP contribution in [0.25, 0.3) is 10.9 Å². The summed E-state index contributed by atoms with van der Waals surface area (Å²) in [5, 5.41) is 0.863. The normalized spacial score (nSPS) is 10.3. The molecular formula is C10H9BrN2O2. The zero-order chi connectivity index (χ0) is 10.8. The second-order valence-electron chi connectivity index (χ2n) is 2.88. The van der Waals surface area contributed by atoms with Crippen molar-refractivity contribution in [2.24, 2.45) is 0 Å². The third-order valence-electron chi connectivity index (χ3n) is 2.04. The molecule has 0 aliphatic carbocycles. The summed E-state index contributed by atoms with van der Waals surface area (Å²) in [6.45, 7) is 0. The number of rotatable bonds is 2. The molecule has 2 aromatic rings. The van der Waals surface area contributed by atoms with Gasteiger partial charge in [-0.1, -0.05) is 0 Å². The number of hydrogen-bond acceptors (Lipinski definition) is 4. The molecule has 0 atom stereocenters. The molecule has 1 heterocycles. The highest BCUT2D eigenvalue weighted by atomic mass is 79.9. The van der Waals surface area contributed by atoms with Crippen molar-refractivity contribution in [1.82, 2.24) is 9.97 Å². The lowest BCUT2D eigenvalue weighted by molar-refractivity contribution is 0.401. The van der Waals surface area contributed by atoms with Crippen LogP contribution in [0.1, 0.15) is 0 Å². The van der Waals surface area contributed by atoms with Gasteiger partial charge in [0.05, 0.1) is 25.1 Å². The van der Waals surface area contributed by atoms with Gasteiger partial charge in [-0.3, -0.25) is 0 Å². The Kier molecular flexibility index (Phi) is 2.73. The Morgan fingerprint density at radius 1 is 1.13 bits per heavy atom. The zero-order valence-electron chi connectivity index (χ0n) is 8.32. The van der Waals surface area contributed by atoms with Gasteiger partial charge in [-0.05, 0) is 28.1 Å². The van der Waals surface area contributed by atoms with Gasteiger partial charge in [0.2, 0.25) is 10.6 Å². The van der Waals surface area contributed by atoms with Gasteiger partial charge < -0.3 is 9.47 Å². The van der Waals surface area contributed by atoms with Crippen LogP contribution in [0, 0.1) is 0 Å². The first-order valence-corrected chi connectivity index (χ1v) is 5.09. The number of fused-ring (bicyclic) bond motifs is 1. The molecule has 4 nitrogen and oxygen atoms in total. The molecule has 0 fully saturated rings. The number of benzene rings is 1. The van der Waals surface area contributed by atoms with E-state index in [4.69, 9.17) is 9.47 Å². The molecule has 0 bridgehead atoms. The van der Waals surface area contributed by atoms with Crippen molar-refractivity contribution in [1.29, 1.82) is 0 Å². The molecule has 0 aliphatic heterocycles. The van der Waals surface area contributed by atoms with E-state index in [1.807, 2.05) is 18.2 Å². The van der Waals surface area contributed by atoms with Crippen LogP contribution in [0.4, 0.5) is 0 Å². The van der Waals surface area contributed by atoms with Gasteiger partial charge in [-0.15, -0.1) is 0 Å². The molecule has 0 radical (unpaired) electrons. The van der Waals surface area contributed by atoms with Crippen LogP contribution in [0.3, 0.4) is 0 Å². The first kappa shape index (κ1) is 10.2. The van der Waals surface area contributed by atoms with E-state index in [1.54, 1.807) is 14.2 Å². The number of halogens is 1. The second-order valence-corrected chi connectivity index (χ2v) is 3.59. The summed E-state index contributed by atoms with van der Waals surface area (Å²) in [5.74, 6) is 1.31. The summed E-state index contributed by atoms with van der Waals surface area (Å²) in [4.78, 5) is 8.36. The number of nitrogens with zero attached hydrogens (tertiary/aromatic N) is 2. The monoisotopic (exact) mass is 268 g/mol. The molecule has 0 saturated carbocycles. The topological polar surface area (TPSA) is 44.2 Å². The Balaban J connectivity index is 2.72. The van der Waals surface area contributed by atoms with E-state index < -0.39 is 0 Å². The zero-order valence-corrected chi connectivity index (χ0v) is 9.91. The standard InChI is InChI=1S/C10H9BrN2O2/c1-14-6-3-4-7-8(5-6)12-10(11)13-9(7)15-2/h3-5H,1-2H3. The fourth-order valence-electron chi connectivity index (χ4n) is 1.34. The third-order valence-corrected chi connectivity index (χ3v) is 2.39. The quantitative estimate of drug-likeness (QED) is 0.785. The highest BCUT2D eigenvalue weighted by Crippen LogP contribution is 2.26. The van der Waals surface area contributed by atoms with E-state index >= 15 is 0 Å². The van der Waals surface area contributed by atoms with Crippen LogP contribution in [0.5, 0.6) is 11.6 Å². The molecule has 0 spiro atoms. The fraction of sp³-hybridized carbons (Fsp3) is 0.200. The number of aromatic nitrogens is 2. The number of hydrogen-bond donors (Lipinski definition) is 0. The van der Waals surface area contributed by atoms with Crippen molar-refractivity contribution < 1.29 is 9.47 Å². The van der Waals surface area contributed by atoms with Gasteiger partial charge in [-0.25, -0.2) is 4.98 Å². The average Bonchev–Trinajstić information content (AvgIpc) is 2.26. The molecule has 2 rings (SSSR count). The summed E-state index contributed by atoms with van der Waals surface area (Å²) in [7, 11) is 3.20. The van der Waals surface area contributed by atoms with Crippen molar-refractivity contribution in [3.63, 3.8) is 0 Å². The fourth-order valence-corrected chi connectivity index (χ4v) is 1.69. The predicted molar refractivity (Wildman–Crippen MR) is 60.3 cm³/mol. The van der Waals surface area contributed by atoms with Gasteiger partial charge >= 0.3 is 0 Å². The minimum atomic E-state index is 0.500. The molecule has 0 aliphatic rings. The Morgan fingerprint density at radius 3 is 2.60 bits per heavy atom. The molecule has 1 aromatic carbocycles. The third kappa shape index (κ3) is 1.87. The van der Waals surface area contributed by atoms with Crippen LogP contribution >= 0.6 is 15.9 Å². The lowest BCUT2D eigenvalue weighted by Gasteiger charge is -2.05. The maximum Gasteiger partial charge on any atom is 0.225 e. The van der Waals surface area contributed by atoms with Crippen LogP contribution in [-0.4, -0.2) is 24.2 Å². The van der Waals surface area contributed by atoms with Crippen molar-refractivity contribution in [3.8, 4) is 11.6 Å². The molecule has 0 amide bonds. The summed E-state index contributed by atoms with van der Waals surface area (Å²) in [6.07, 6.45) is 0. The molecule has 0 N–H and O–H groups in total. The Morgan fingerprint density at radius 2 is 1.93 bits per heavy atom. The minimum Gasteiger partial charge on any atom is -0.497 e. The Labute approximate surface area is 95.4 Å². The maximum atomic E-state index is 5.16. The molecular weight excluding hydrogens is 260 g/mol. The van der Waals surface area contributed by atoms with Crippen LogP contribution in [0.15, 0.2) is 22.9 Å². The lowest BCUT2D eigenvalue weighted by atomic mass is 10.2. The number of methoxy groups -OCH3 is 2. The van der Waals surface area contributed by atoms with Crippen molar-refractivity contribution >= 4 is 26.8 Å². The van der Waals surface area contributed by atoms with Crippen molar-refractivity contribution in [2.45, 2.75) is 0 Å². The van der Waals surface area contributed by atoms with Gasteiger partial charge in [0.15, 0.2) is 0 Å². The van der Waals surface area contributed by atoms with E-state index in [9.17, 15) is 0 Å². The highest BCUT2D eigenvalue weighted by Gasteiger charge is 2.07. The second kappa shape index (κ2) is 4.02. The number of ether oxygens (including phenoxy) is 2. The van der Waals surface area contributed by atoms with E-state index in [2.05, 4.69) is 25.9 Å². The first-order valence-electron chi connectivity index (χ1n) is 4.30. The van der Waals surface area contributed by atoms with Gasteiger partial charge in [0, 0.05) is 6.07 Å². The van der Waals surface area contributed by atoms with E-state index in [0.29, 0.717) is 10.6 Å². The summed E-state index contributed by atoms with van der Waals surface area (Å²) in [5.41, 5.74) is 0.785. The summed E-state index contributed by atoms with van der Waals surface area (Å²) >= 11 is 3.23. The predicted octanol–water partition coefficient (Wildman–Crippen LogP) is 2.41. The van der Waals surface area contributed by atoms with Gasteiger partial charge in [0.1, 0.15) is 5.75 Å². The summed E-state index contributed by atoms with van der Waals surface area (Å²) in [6, 6.07) is 5.56.